The molecule has 0 aromatic rings. The molecule has 82 valence electrons. The minimum atomic E-state index is 0.361. The predicted molar refractivity (Wildman–Crippen MR) is 58.1 cm³/mol. The summed E-state index contributed by atoms with van der Waals surface area (Å²) in [7, 11) is 0. The van der Waals surface area contributed by atoms with Crippen molar-refractivity contribution in [2.45, 2.75) is 57.7 Å². The van der Waals surface area contributed by atoms with Crippen LogP contribution in [-0.2, 0) is 4.74 Å². The van der Waals surface area contributed by atoms with Crippen molar-refractivity contribution in [3.63, 3.8) is 0 Å². The third-order valence-corrected chi connectivity index (χ3v) is 3.99. The monoisotopic (exact) mass is 197 g/mol. The number of nitrogens with two attached hydrogens (primary N) is 1. The Kier molecular flexibility index (Phi) is 3.45. The first-order valence-corrected chi connectivity index (χ1v) is 6.15. The van der Waals surface area contributed by atoms with Gasteiger partial charge in [-0.05, 0) is 37.5 Å². The van der Waals surface area contributed by atoms with Gasteiger partial charge in [0.15, 0.2) is 0 Å². The summed E-state index contributed by atoms with van der Waals surface area (Å²) in [6.07, 6.45) is 8.89. The molecule has 2 atom stereocenters. The highest BCUT2D eigenvalue weighted by molar-refractivity contribution is 4.82. The molecule has 1 saturated carbocycles. The normalized spacial score (nSPS) is 44.1. The molecule has 1 saturated heterocycles. The van der Waals surface area contributed by atoms with E-state index < -0.39 is 0 Å². The summed E-state index contributed by atoms with van der Waals surface area (Å²) in [4.78, 5) is 0. The van der Waals surface area contributed by atoms with E-state index in [1.807, 2.05) is 0 Å². The minimum Gasteiger partial charge on any atom is -0.373 e. The molecular formula is C12H23NO. The van der Waals surface area contributed by atoms with Crippen molar-refractivity contribution in [1.29, 1.82) is 0 Å². The summed E-state index contributed by atoms with van der Waals surface area (Å²) in [6.45, 7) is 3.08. The van der Waals surface area contributed by atoms with Gasteiger partial charge in [-0.15, -0.1) is 0 Å². The van der Waals surface area contributed by atoms with E-state index in [4.69, 9.17) is 10.5 Å². The standard InChI is InChI=1S/C12H23NO/c1-9-2-4-10(5-3-9)12-7-6-11(8-13)14-12/h9-12H,2-8,13H2,1H3. The fraction of sp³-hybridized carbons (Fsp3) is 1.00. The Labute approximate surface area is 87.2 Å². The minimum absolute atomic E-state index is 0.361. The predicted octanol–water partition coefficient (Wildman–Crippen LogP) is 2.32. The van der Waals surface area contributed by atoms with Gasteiger partial charge in [0, 0.05) is 6.54 Å². The zero-order chi connectivity index (χ0) is 9.97. The molecule has 2 N–H and O–H groups in total. The molecule has 2 unspecified atom stereocenters. The number of hydrogen-bond donors (Lipinski definition) is 1. The van der Waals surface area contributed by atoms with Crippen molar-refractivity contribution < 1.29 is 4.74 Å². The Bertz CT molecular complexity index is 175. The molecular weight excluding hydrogens is 174 g/mol. The maximum atomic E-state index is 5.96. The van der Waals surface area contributed by atoms with Crippen LogP contribution in [-0.4, -0.2) is 18.8 Å². The van der Waals surface area contributed by atoms with Crippen LogP contribution in [0.3, 0.4) is 0 Å². The second kappa shape index (κ2) is 4.63. The Hall–Kier alpha value is -0.0800. The van der Waals surface area contributed by atoms with Gasteiger partial charge in [-0.3, -0.25) is 0 Å². The quantitative estimate of drug-likeness (QED) is 0.737. The molecule has 2 rings (SSSR count). The fourth-order valence-corrected chi connectivity index (χ4v) is 2.91. The third-order valence-electron chi connectivity index (χ3n) is 3.99. The Balaban J connectivity index is 1.79. The number of rotatable bonds is 2. The smallest absolute Gasteiger partial charge is 0.0702 e. The SMILES string of the molecule is CC1CCC(C2CCC(CN)O2)CC1. The second-order valence-electron chi connectivity index (χ2n) is 5.13. The van der Waals surface area contributed by atoms with Crippen molar-refractivity contribution in [3.8, 4) is 0 Å². The van der Waals surface area contributed by atoms with Crippen LogP contribution in [0.15, 0.2) is 0 Å². The van der Waals surface area contributed by atoms with Crippen molar-refractivity contribution in [1.82, 2.24) is 0 Å². The first-order chi connectivity index (χ1) is 6.79. The van der Waals surface area contributed by atoms with Gasteiger partial charge in [-0.1, -0.05) is 19.8 Å². The lowest BCUT2D eigenvalue weighted by Gasteiger charge is -2.30. The van der Waals surface area contributed by atoms with Crippen molar-refractivity contribution in [2.75, 3.05) is 6.54 Å². The van der Waals surface area contributed by atoms with Crippen molar-refractivity contribution in [2.24, 2.45) is 17.6 Å². The van der Waals surface area contributed by atoms with E-state index in [1.165, 1.54) is 38.5 Å². The summed E-state index contributed by atoms with van der Waals surface area (Å²) in [5.74, 6) is 1.78. The molecule has 0 bridgehead atoms. The van der Waals surface area contributed by atoms with E-state index in [-0.39, 0.29) is 0 Å². The summed E-state index contributed by atoms with van der Waals surface area (Å²) < 4.78 is 5.96. The van der Waals surface area contributed by atoms with Crippen LogP contribution in [0, 0.1) is 11.8 Å². The van der Waals surface area contributed by atoms with E-state index in [0.717, 1.165) is 11.8 Å². The van der Waals surface area contributed by atoms with Gasteiger partial charge < -0.3 is 10.5 Å². The van der Waals surface area contributed by atoms with Gasteiger partial charge >= 0.3 is 0 Å². The van der Waals surface area contributed by atoms with Crippen LogP contribution < -0.4 is 5.73 Å². The van der Waals surface area contributed by atoms with Crippen LogP contribution >= 0.6 is 0 Å². The Morgan fingerprint density at radius 3 is 2.36 bits per heavy atom. The molecule has 0 amide bonds. The largest absolute Gasteiger partial charge is 0.373 e. The van der Waals surface area contributed by atoms with Gasteiger partial charge in [-0.25, -0.2) is 0 Å². The topological polar surface area (TPSA) is 35.2 Å². The van der Waals surface area contributed by atoms with Crippen molar-refractivity contribution in [3.05, 3.63) is 0 Å². The third kappa shape index (κ3) is 2.29. The fourth-order valence-electron chi connectivity index (χ4n) is 2.91. The lowest BCUT2D eigenvalue weighted by Crippen LogP contribution is -2.27. The summed E-state index contributed by atoms with van der Waals surface area (Å²) in [6, 6.07) is 0. The highest BCUT2D eigenvalue weighted by Gasteiger charge is 2.32. The van der Waals surface area contributed by atoms with Gasteiger partial charge in [-0.2, -0.15) is 0 Å². The summed E-state index contributed by atoms with van der Waals surface area (Å²) >= 11 is 0. The summed E-state index contributed by atoms with van der Waals surface area (Å²) in [5.41, 5.74) is 5.62. The van der Waals surface area contributed by atoms with Gasteiger partial charge in [0.2, 0.25) is 0 Å². The second-order valence-corrected chi connectivity index (χ2v) is 5.13. The van der Waals surface area contributed by atoms with Crippen LogP contribution in [0.25, 0.3) is 0 Å². The molecule has 1 aliphatic heterocycles. The first kappa shape index (κ1) is 10.4. The van der Waals surface area contributed by atoms with E-state index in [9.17, 15) is 0 Å². The van der Waals surface area contributed by atoms with Gasteiger partial charge in [0.1, 0.15) is 0 Å². The molecule has 14 heavy (non-hydrogen) atoms. The Morgan fingerprint density at radius 2 is 1.79 bits per heavy atom. The number of ether oxygens (including phenoxy) is 1. The van der Waals surface area contributed by atoms with E-state index in [2.05, 4.69) is 6.92 Å². The first-order valence-electron chi connectivity index (χ1n) is 6.15. The average Bonchev–Trinajstić information content (AvgIpc) is 2.67. The van der Waals surface area contributed by atoms with E-state index >= 15 is 0 Å². The molecule has 0 aromatic carbocycles. The van der Waals surface area contributed by atoms with Crippen LogP contribution in [0.5, 0.6) is 0 Å². The molecule has 0 aromatic heterocycles. The zero-order valence-corrected chi connectivity index (χ0v) is 9.24. The molecule has 2 fully saturated rings. The van der Waals surface area contributed by atoms with Crippen LogP contribution in [0.1, 0.15) is 45.4 Å². The van der Waals surface area contributed by atoms with Crippen molar-refractivity contribution >= 4 is 0 Å². The maximum Gasteiger partial charge on any atom is 0.0702 e. The Morgan fingerprint density at radius 1 is 1.07 bits per heavy atom. The lowest BCUT2D eigenvalue weighted by molar-refractivity contribution is 0.000759. The molecule has 2 aliphatic rings. The molecule has 1 aliphatic carbocycles. The van der Waals surface area contributed by atoms with Crippen LogP contribution in [0.4, 0.5) is 0 Å². The van der Waals surface area contributed by atoms with E-state index in [0.29, 0.717) is 18.8 Å². The molecule has 1 heterocycles. The molecule has 2 heteroatoms. The molecule has 0 spiro atoms. The average molecular weight is 197 g/mol. The van der Waals surface area contributed by atoms with E-state index in [1.54, 1.807) is 0 Å². The number of hydrogen-bond acceptors (Lipinski definition) is 2. The lowest BCUT2D eigenvalue weighted by atomic mass is 9.79. The highest BCUT2D eigenvalue weighted by Crippen LogP contribution is 2.36. The zero-order valence-electron chi connectivity index (χ0n) is 9.24. The van der Waals surface area contributed by atoms with Gasteiger partial charge in [0.25, 0.3) is 0 Å². The maximum absolute atomic E-state index is 5.96. The molecule has 2 nitrogen and oxygen atoms in total. The molecule has 0 radical (unpaired) electrons. The summed E-state index contributed by atoms with van der Waals surface area (Å²) in [5, 5.41) is 0. The highest BCUT2D eigenvalue weighted by atomic mass is 16.5. The van der Waals surface area contributed by atoms with Crippen LogP contribution in [0.2, 0.25) is 0 Å². The van der Waals surface area contributed by atoms with Gasteiger partial charge in [0.05, 0.1) is 12.2 Å².